The number of halogens is 1. The first-order valence-corrected chi connectivity index (χ1v) is 5.31. The fourth-order valence-corrected chi connectivity index (χ4v) is 1.51. The molecule has 0 aliphatic rings. The smallest absolute Gasteiger partial charge is 0.165 e. The minimum atomic E-state index is -0.293. The fraction of sp³-hybridized carbons (Fsp3) is 0.500. The molecule has 3 heteroatoms. The van der Waals surface area contributed by atoms with Crippen molar-refractivity contribution in [3.05, 3.63) is 29.6 Å². The lowest BCUT2D eigenvalue weighted by Crippen LogP contribution is -2.05. The van der Waals surface area contributed by atoms with Gasteiger partial charge in [-0.05, 0) is 43.5 Å². The third kappa shape index (κ3) is 3.20. The van der Waals surface area contributed by atoms with E-state index in [0.717, 1.165) is 12.0 Å². The number of ether oxygens (including phenoxy) is 1. The highest BCUT2D eigenvalue weighted by molar-refractivity contribution is 5.31. The van der Waals surface area contributed by atoms with Crippen molar-refractivity contribution in [2.75, 3.05) is 13.2 Å². The molecule has 1 unspecified atom stereocenters. The number of hydrogen-bond donors (Lipinski definition) is 1. The van der Waals surface area contributed by atoms with Gasteiger partial charge in [-0.25, -0.2) is 4.39 Å². The lowest BCUT2D eigenvalue weighted by atomic mass is 9.98. The van der Waals surface area contributed by atoms with Gasteiger partial charge in [-0.2, -0.15) is 0 Å². The van der Waals surface area contributed by atoms with Crippen LogP contribution in [0.1, 0.15) is 31.7 Å². The Labute approximate surface area is 90.2 Å². The molecule has 84 valence electrons. The molecule has 0 bridgehead atoms. The molecule has 0 saturated heterocycles. The van der Waals surface area contributed by atoms with Crippen LogP contribution in [0.5, 0.6) is 5.75 Å². The third-order valence-corrected chi connectivity index (χ3v) is 2.42. The highest BCUT2D eigenvalue weighted by Gasteiger charge is 2.08. The number of nitrogens with two attached hydrogens (primary N) is 1. The molecule has 1 rings (SSSR count). The van der Waals surface area contributed by atoms with Crippen molar-refractivity contribution in [2.45, 2.75) is 26.2 Å². The first-order valence-electron chi connectivity index (χ1n) is 5.31. The summed E-state index contributed by atoms with van der Waals surface area (Å²) in [4.78, 5) is 0. The predicted octanol–water partition coefficient (Wildman–Crippen LogP) is 2.68. The Kier molecular flexibility index (Phi) is 4.56. The highest BCUT2D eigenvalue weighted by Crippen LogP contribution is 2.24. The van der Waals surface area contributed by atoms with Crippen LogP contribution >= 0.6 is 0 Å². The summed E-state index contributed by atoms with van der Waals surface area (Å²) < 4.78 is 18.6. The van der Waals surface area contributed by atoms with Crippen LogP contribution in [0.15, 0.2) is 18.2 Å². The molecule has 0 saturated carbocycles. The summed E-state index contributed by atoms with van der Waals surface area (Å²) in [5, 5.41) is 0. The lowest BCUT2D eigenvalue weighted by Gasteiger charge is -2.12. The van der Waals surface area contributed by atoms with Gasteiger partial charge in [0.25, 0.3) is 0 Å². The second kappa shape index (κ2) is 5.71. The van der Waals surface area contributed by atoms with Crippen molar-refractivity contribution in [3.8, 4) is 5.75 Å². The van der Waals surface area contributed by atoms with Crippen molar-refractivity contribution in [2.24, 2.45) is 5.73 Å². The Morgan fingerprint density at radius 1 is 1.47 bits per heavy atom. The molecule has 0 fully saturated rings. The molecule has 0 aromatic heterocycles. The SMILES string of the molecule is CCOc1ccc(C(C)CCN)cc1F. The summed E-state index contributed by atoms with van der Waals surface area (Å²) in [7, 11) is 0. The highest BCUT2D eigenvalue weighted by atomic mass is 19.1. The largest absolute Gasteiger partial charge is 0.491 e. The van der Waals surface area contributed by atoms with Crippen molar-refractivity contribution in [3.63, 3.8) is 0 Å². The van der Waals surface area contributed by atoms with Gasteiger partial charge in [-0.3, -0.25) is 0 Å². The van der Waals surface area contributed by atoms with E-state index in [2.05, 4.69) is 0 Å². The van der Waals surface area contributed by atoms with Crippen molar-refractivity contribution in [1.82, 2.24) is 0 Å². The first kappa shape index (κ1) is 12.0. The maximum Gasteiger partial charge on any atom is 0.165 e. The number of rotatable bonds is 5. The van der Waals surface area contributed by atoms with E-state index in [0.29, 0.717) is 24.8 Å². The van der Waals surface area contributed by atoms with Gasteiger partial charge in [0.05, 0.1) is 6.61 Å². The van der Waals surface area contributed by atoms with Crippen molar-refractivity contribution >= 4 is 0 Å². The molecule has 0 aliphatic carbocycles. The molecule has 2 nitrogen and oxygen atoms in total. The van der Waals surface area contributed by atoms with Gasteiger partial charge in [0, 0.05) is 0 Å². The molecule has 2 N–H and O–H groups in total. The number of hydrogen-bond acceptors (Lipinski definition) is 2. The van der Waals surface area contributed by atoms with Crippen molar-refractivity contribution in [1.29, 1.82) is 0 Å². The van der Waals surface area contributed by atoms with E-state index in [1.165, 1.54) is 6.07 Å². The van der Waals surface area contributed by atoms with E-state index in [1.807, 2.05) is 19.9 Å². The lowest BCUT2D eigenvalue weighted by molar-refractivity contribution is 0.321. The minimum Gasteiger partial charge on any atom is -0.491 e. The van der Waals surface area contributed by atoms with E-state index < -0.39 is 0 Å². The van der Waals surface area contributed by atoms with Gasteiger partial charge in [-0.15, -0.1) is 0 Å². The van der Waals surface area contributed by atoms with Gasteiger partial charge in [0.15, 0.2) is 11.6 Å². The molecule has 0 radical (unpaired) electrons. The van der Waals surface area contributed by atoms with E-state index in [1.54, 1.807) is 6.07 Å². The molecule has 0 heterocycles. The quantitative estimate of drug-likeness (QED) is 0.812. The van der Waals surface area contributed by atoms with Gasteiger partial charge in [0.2, 0.25) is 0 Å². The average Bonchev–Trinajstić information content (AvgIpc) is 2.21. The zero-order valence-corrected chi connectivity index (χ0v) is 9.29. The maximum absolute atomic E-state index is 13.5. The second-order valence-corrected chi connectivity index (χ2v) is 3.60. The van der Waals surface area contributed by atoms with E-state index >= 15 is 0 Å². The van der Waals surface area contributed by atoms with Crippen LogP contribution in [-0.4, -0.2) is 13.2 Å². The Bertz CT molecular complexity index is 314. The predicted molar refractivity (Wildman–Crippen MR) is 59.7 cm³/mol. The molecular formula is C12H18FNO. The summed E-state index contributed by atoms with van der Waals surface area (Å²) in [5.74, 6) is 0.319. The zero-order valence-electron chi connectivity index (χ0n) is 9.29. The summed E-state index contributed by atoms with van der Waals surface area (Å²) in [6, 6.07) is 5.11. The van der Waals surface area contributed by atoms with Gasteiger partial charge >= 0.3 is 0 Å². The Morgan fingerprint density at radius 2 is 2.20 bits per heavy atom. The average molecular weight is 211 g/mol. The second-order valence-electron chi connectivity index (χ2n) is 3.60. The molecule has 0 aliphatic heterocycles. The number of benzene rings is 1. The molecule has 15 heavy (non-hydrogen) atoms. The monoisotopic (exact) mass is 211 g/mol. The maximum atomic E-state index is 13.5. The van der Waals surface area contributed by atoms with Crippen LogP contribution in [0.4, 0.5) is 4.39 Å². The molecule has 0 spiro atoms. The normalized spacial score (nSPS) is 12.5. The molecule has 0 amide bonds. The first-order chi connectivity index (χ1) is 7.19. The van der Waals surface area contributed by atoms with Gasteiger partial charge in [-0.1, -0.05) is 13.0 Å². The minimum absolute atomic E-state index is 0.292. The topological polar surface area (TPSA) is 35.2 Å². The van der Waals surface area contributed by atoms with Crippen LogP contribution in [0, 0.1) is 5.82 Å². The standard InChI is InChI=1S/C12H18FNO/c1-3-15-12-5-4-10(8-11(12)13)9(2)6-7-14/h4-5,8-9H,3,6-7,14H2,1-2H3. The summed E-state index contributed by atoms with van der Waals surface area (Å²) in [5.41, 5.74) is 6.44. The Hall–Kier alpha value is -1.09. The van der Waals surface area contributed by atoms with Crippen LogP contribution in [0.3, 0.4) is 0 Å². The van der Waals surface area contributed by atoms with Crippen LogP contribution in [0.25, 0.3) is 0 Å². The fourth-order valence-electron chi connectivity index (χ4n) is 1.51. The summed E-state index contributed by atoms with van der Waals surface area (Å²) in [6.07, 6.45) is 0.868. The summed E-state index contributed by atoms with van der Waals surface area (Å²) in [6.45, 7) is 4.98. The Morgan fingerprint density at radius 3 is 2.73 bits per heavy atom. The molecule has 1 aromatic carbocycles. The summed E-state index contributed by atoms with van der Waals surface area (Å²) >= 11 is 0. The van der Waals surface area contributed by atoms with E-state index in [-0.39, 0.29) is 5.82 Å². The molecule has 1 aromatic rings. The molecule has 1 atom stereocenters. The zero-order chi connectivity index (χ0) is 11.3. The van der Waals surface area contributed by atoms with Crippen LogP contribution in [0.2, 0.25) is 0 Å². The van der Waals surface area contributed by atoms with E-state index in [9.17, 15) is 4.39 Å². The van der Waals surface area contributed by atoms with Crippen LogP contribution < -0.4 is 10.5 Å². The Balaban J connectivity index is 2.81. The van der Waals surface area contributed by atoms with Gasteiger partial charge < -0.3 is 10.5 Å². The molecular weight excluding hydrogens is 193 g/mol. The van der Waals surface area contributed by atoms with E-state index in [4.69, 9.17) is 10.5 Å². The van der Waals surface area contributed by atoms with Crippen molar-refractivity contribution < 1.29 is 9.13 Å². The van der Waals surface area contributed by atoms with Crippen LogP contribution in [-0.2, 0) is 0 Å². The van der Waals surface area contributed by atoms with Gasteiger partial charge in [0.1, 0.15) is 0 Å². The third-order valence-electron chi connectivity index (χ3n) is 2.42.